The van der Waals surface area contributed by atoms with Gasteiger partial charge in [-0.2, -0.15) is 0 Å². The zero-order valence-electron chi connectivity index (χ0n) is 6.88. The third-order valence-electron chi connectivity index (χ3n) is 1.88. The summed E-state index contributed by atoms with van der Waals surface area (Å²) in [6.07, 6.45) is -3.52. The maximum Gasteiger partial charge on any atom is 0.183 e. The second kappa shape index (κ2) is 4.15. The van der Waals surface area contributed by atoms with Gasteiger partial charge in [0.1, 0.15) is 6.10 Å². The molecule has 1 heterocycles. The molecule has 4 atom stereocenters. The van der Waals surface area contributed by atoms with Crippen LogP contribution in [-0.4, -0.2) is 53.6 Å². The minimum absolute atomic E-state index is 0.284. The SMILES string of the molecule is COCC1CC(O)[C@@H](O)[C@@H](O)O1. The van der Waals surface area contributed by atoms with Crippen LogP contribution in [0.4, 0.5) is 0 Å². The molecule has 3 N–H and O–H groups in total. The Balaban J connectivity index is 2.42. The van der Waals surface area contributed by atoms with E-state index in [9.17, 15) is 5.11 Å². The Morgan fingerprint density at radius 3 is 2.58 bits per heavy atom. The molecule has 0 amide bonds. The van der Waals surface area contributed by atoms with Crippen LogP contribution in [0.3, 0.4) is 0 Å². The number of aliphatic hydroxyl groups is 3. The molecule has 0 spiro atoms. The van der Waals surface area contributed by atoms with Gasteiger partial charge in [-0.3, -0.25) is 0 Å². The summed E-state index contributed by atoms with van der Waals surface area (Å²) in [4.78, 5) is 0. The number of rotatable bonds is 2. The van der Waals surface area contributed by atoms with Crippen molar-refractivity contribution in [2.24, 2.45) is 0 Å². The highest BCUT2D eigenvalue weighted by Gasteiger charge is 2.35. The molecular weight excluding hydrogens is 164 g/mol. The van der Waals surface area contributed by atoms with E-state index in [2.05, 4.69) is 0 Å². The third kappa shape index (κ3) is 2.15. The Bertz CT molecular complexity index is 128. The van der Waals surface area contributed by atoms with E-state index in [-0.39, 0.29) is 12.5 Å². The van der Waals surface area contributed by atoms with Crippen LogP contribution in [0.25, 0.3) is 0 Å². The second-order valence-electron chi connectivity index (χ2n) is 2.90. The van der Waals surface area contributed by atoms with Gasteiger partial charge in [0.25, 0.3) is 0 Å². The lowest BCUT2D eigenvalue weighted by Gasteiger charge is -2.33. The summed E-state index contributed by atoms with van der Waals surface area (Å²) >= 11 is 0. The molecule has 0 radical (unpaired) electrons. The van der Waals surface area contributed by atoms with Gasteiger partial charge in [0.05, 0.1) is 18.8 Å². The van der Waals surface area contributed by atoms with E-state index in [4.69, 9.17) is 19.7 Å². The number of aliphatic hydroxyl groups excluding tert-OH is 3. The Hall–Kier alpha value is -0.200. The van der Waals surface area contributed by atoms with Crippen LogP contribution < -0.4 is 0 Å². The molecule has 5 heteroatoms. The fraction of sp³-hybridized carbons (Fsp3) is 1.00. The standard InChI is InChI=1S/C7H14O5/c1-11-3-4-2-5(8)6(9)7(10)12-4/h4-10H,2-3H2,1H3/t4?,5?,6-,7+/m1/s1. The summed E-state index contributed by atoms with van der Waals surface area (Å²) in [6.45, 7) is 0.306. The molecule has 12 heavy (non-hydrogen) atoms. The summed E-state index contributed by atoms with van der Waals surface area (Å²) in [5, 5.41) is 27.3. The molecule has 0 bridgehead atoms. The zero-order chi connectivity index (χ0) is 9.14. The molecule has 0 saturated carbocycles. The van der Waals surface area contributed by atoms with Crippen molar-refractivity contribution in [3.63, 3.8) is 0 Å². The molecule has 1 aliphatic rings. The van der Waals surface area contributed by atoms with Gasteiger partial charge < -0.3 is 24.8 Å². The summed E-state index contributed by atoms with van der Waals surface area (Å²) in [5.41, 5.74) is 0. The van der Waals surface area contributed by atoms with Gasteiger partial charge in [0, 0.05) is 13.5 Å². The van der Waals surface area contributed by atoms with Crippen molar-refractivity contribution in [1.29, 1.82) is 0 Å². The highest BCUT2D eigenvalue weighted by molar-refractivity contribution is 4.79. The smallest absolute Gasteiger partial charge is 0.183 e. The molecule has 0 aromatic rings. The first-order chi connectivity index (χ1) is 5.65. The summed E-state index contributed by atoms with van der Waals surface area (Å²) in [6, 6.07) is 0. The average molecular weight is 178 g/mol. The molecule has 1 fully saturated rings. The molecule has 2 unspecified atom stereocenters. The molecule has 5 nitrogen and oxygen atoms in total. The first-order valence-corrected chi connectivity index (χ1v) is 3.83. The van der Waals surface area contributed by atoms with Crippen molar-refractivity contribution < 1.29 is 24.8 Å². The monoisotopic (exact) mass is 178 g/mol. The lowest BCUT2D eigenvalue weighted by molar-refractivity contribution is -0.253. The minimum Gasteiger partial charge on any atom is -0.390 e. The fourth-order valence-electron chi connectivity index (χ4n) is 1.23. The van der Waals surface area contributed by atoms with Crippen molar-refractivity contribution in [3.8, 4) is 0 Å². The molecule has 0 aliphatic carbocycles. The van der Waals surface area contributed by atoms with Gasteiger partial charge in [-0.1, -0.05) is 0 Å². The molecular formula is C7H14O5. The van der Waals surface area contributed by atoms with Crippen LogP contribution in [0.5, 0.6) is 0 Å². The normalized spacial score (nSPS) is 43.0. The Morgan fingerprint density at radius 2 is 2.08 bits per heavy atom. The number of ether oxygens (including phenoxy) is 2. The van der Waals surface area contributed by atoms with E-state index in [1.54, 1.807) is 0 Å². The van der Waals surface area contributed by atoms with E-state index in [1.165, 1.54) is 7.11 Å². The predicted octanol–water partition coefficient (Wildman–Crippen LogP) is -1.54. The highest BCUT2D eigenvalue weighted by atomic mass is 16.6. The van der Waals surface area contributed by atoms with Gasteiger partial charge in [0.15, 0.2) is 6.29 Å². The van der Waals surface area contributed by atoms with Crippen LogP contribution >= 0.6 is 0 Å². The first-order valence-electron chi connectivity index (χ1n) is 3.83. The van der Waals surface area contributed by atoms with Gasteiger partial charge in [-0.15, -0.1) is 0 Å². The molecule has 72 valence electrons. The van der Waals surface area contributed by atoms with Crippen molar-refractivity contribution >= 4 is 0 Å². The largest absolute Gasteiger partial charge is 0.390 e. The number of hydrogen-bond acceptors (Lipinski definition) is 5. The third-order valence-corrected chi connectivity index (χ3v) is 1.88. The van der Waals surface area contributed by atoms with E-state index < -0.39 is 18.5 Å². The van der Waals surface area contributed by atoms with E-state index in [1.807, 2.05) is 0 Å². The zero-order valence-corrected chi connectivity index (χ0v) is 6.88. The van der Waals surface area contributed by atoms with Gasteiger partial charge >= 0.3 is 0 Å². The van der Waals surface area contributed by atoms with E-state index >= 15 is 0 Å². The van der Waals surface area contributed by atoms with Crippen molar-refractivity contribution in [1.82, 2.24) is 0 Å². The van der Waals surface area contributed by atoms with E-state index in [0.717, 1.165) is 0 Å². The van der Waals surface area contributed by atoms with Gasteiger partial charge in [-0.05, 0) is 0 Å². The van der Waals surface area contributed by atoms with Crippen LogP contribution in [0.15, 0.2) is 0 Å². The lowest BCUT2D eigenvalue weighted by Crippen LogP contribution is -2.49. The highest BCUT2D eigenvalue weighted by Crippen LogP contribution is 2.18. The summed E-state index contributed by atoms with van der Waals surface area (Å²) in [5.74, 6) is 0. The first kappa shape index (κ1) is 9.88. The lowest BCUT2D eigenvalue weighted by atomic mass is 10.0. The molecule has 1 rings (SSSR count). The fourth-order valence-corrected chi connectivity index (χ4v) is 1.23. The van der Waals surface area contributed by atoms with Crippen molar-refractivity contribution in [2.45, 2.75) is 31.0 Å². The molecule has 1 saturated heterocycles. The van der Waals surface area contributed by atoms with Crippen molar-refractivity contribution in [2.75, 3.05) is 13.7 Å². The predicted molar refractivity (Wildman–Crippen MR) is 39.4 cm³/mol. The summed E-state index contributed by atoms with van der Waals surface area (Å²) < 4.78 is 9.71. The Morgan fingerprint density at radius 1 is 1.42 bits per heavy atom. The van der Waals surface area contributed by atoms with Crippen molar-refractivity contribution in [3.05, 3.63) is 0 Å². The molecule has 0 aromatic heterocycles. The molecule has 1 aliphatic heterocycles. The quantitative estimate of drug-likeness (QED) is 0.477. The summed E-state index contributed by atoms with van der Waals surface area (Å²) in [7, 11) is 1.51. The maximum absolute atomic E-state index is 9.20. The van der Waals surface area contributed by atoms with Gasteiger partial charge in [-0.25, -0.2) is 0 Å². The number of hydrogen-bond donors (Lipinski definition) is 3. The minimum atomic E-state index is -1.31. The number of methoxy groups -OCH3 is 1. The van der Waals surface area contributed by atoms with Gasteiger partial charge in [0.2, 0.25) is 0 Å². The molecule has 0 aromatic carbocycles. The Labute approximate surface area is 70.5 Å². The van der Waals surface area contributed by atoms with Crippen LogP contribution in [0.2, 0.25) is 0 Å². The average Bonchev–Trinajstić information content (AvgIpc) is 2.01. The van der Waals surface area contributed by atoms with E-state index in [0.29, 0.717) is 6.61 Å². The second-order valence-corrected chi connectivity index (χ2v) is 2.90. The maximum atomic E-state index is 9.20. The Kier molecular flexibility index (Phi) is 3.42. The van der Waals surface area contributed by atoms with Crippen LogP contribution in [0.1, 0.15) is 6.42 Å². The topological polar surface area (TPSA) is 79.2 Å². The van der Waals surface area contributed by atoms with Crippen LogP contribution in [-0.2, 0) is 9.47 Å². The van der Waals surface area contributed by atoms with Crippen LogP contribution in [0, 0.1) is 0 Å².